The van der Waals surface area contributed by atoms with Crippen LogP contribution in [0.4, 0.5) is 8.78 Å². The maximum Gasteiger partial charge on any atom is 0.291 e. The first-order valence-corrected chi connectivity index (χ1v) is 11.4. The average Bonchev–Trinajstić information content (AvgIpc) is 3.12. The number of halogens is 2. The Labute approximate surface area is 160 Å². The van der Waals surface area contributed by atoms with Crippen LogP contribution in [0.1, 0.15) is 19.8 Å². The van der Waals surface area contributed by atoms with Crippen molar-refractivity contribution in [3.05, 3.63) is 24.3 Å². The van der Waals surface area contributed by atoms with Gasteiger partial charge in [-0.3, -0.25) is 4.79 Å². The van der Waals surface area contributed by atoms with Gasteiger partial charge in [0.2, 0.25) is 5.91 Å². The average molecular weight is 418 g/mol. The van der Waals surface area contributed by atoms with Gasteiger partial charge in [-0.1, -0.05) is 19.1 Å². The normalized spacial score (nSPS) is 19.0. The Morgan fingerprint density at radius 1 is 1.41 bits per heavy atom. The molecule has 2 aromatic rings. The van der Waals surface area contributed by atoms with Crippen LogP contribution in [0.2, 0.25) is 0 Å². The zero-order valence-electron chi connectivity index (χ0n) is 14.8. The van der Waals surface area contributed by atoms with Crippen molar-refractivity contribution >= 4 is 38.5 Å². The molecule has 0 N–H and O–H groups in total. The molecule has 1 amide bonds. The quantitative estimate of drug-likeness (QED) is 0.648. The molecule has 0 saturated carbocycles. The van der Waals surface area contributed by atoms with Crippen LogP contribution >= 0.6 is 11.8 Å². The third kappa shape index (κ3) is 4.60. The number of aromatic nitrogens is 2. The molecule has 1 aromatic carbocycles. The Morgan fingerprint density at radius 3 is 2.78 bits per heavy atom. The molecular weight excluding hydrogens is 396 g/mol. The van der Waals surface area contributed by atoms with E-state index in [9.17, 15) is 22.0 Å². The number of carbonyl (C=O) groups excluding carboxylic acids is 1. The summed E-state index contributed by atoms with van der Waals surface area (Å²) >= 11 is 0.302. The molecule has 1 saturated heterocycles. The van der Waals surface area contributed by atoms with Gasteiger partial charge in [0.1, 0.15) is 6.54 Å². The van der Waals surface area contributed by atoms with Crippen molar-refractivity contribution in [1.29, 1.82) is 0 Å². The number of nitrogens with zero attached hydrogens (tertiary/aromatic N) is 3. The van der Waals surface area contributed by atoms with Gasteiger partial charge >= 0.3 is 0 Å². The number of benzene rings is 1. The third-order valence-corrected chi connectivity index (χ3v) is 6.99. The largest absolute Gasteiger partial charge is 0.337 e. The van der Waals surface area contributed by atoms with Gasteiger partial charge < -0.3 is 9.47 Å². The van der Waals surface area contributed by atoms with Crippen molar-refractivity contribution in [3.8, 4) is 0 Å². The lowest BCUT2D eigenvalue weighted by Crippen LogP contribution is -2.43. The summed E-state index contributed by atoms with van der Waals surface area (Å²) in [4.78, 5) is 18.8. The highest BCUT2D eigenvalue weighted by molar-refractivity contribution is 7.99. The first kappa shape index (κ1) is 20.1. The smallest absolute Gasteiger partial charge is 0.291 e. The Kier molecular flexibility index (Phi) is 6.05. The van der Waals surface area contributed by atoms with Crippen molar-refractivity contribution in [2.24, 2.45) is 0 Å². The number of amides is 1. The van der Waals surface area contributed by atoms with Crippen LogP contribution in [0.3, 0.4) is 0 Å². The van der Waals surface area contributed by atoms with E-state index in [2.05, 4.69) is 4.98 Å². The zero-order valence-corrected chi connectivity index (χ0v) is 16.5. The molecule has 1 atom stereocenters. The summed E-state index contributed by atoms with van der Waals surface area (Å²) in [6.45, 7) is 2.20. The second-order valence-electron chi connectivity index (χ2n) is 6.49. The molecule has 3 rings (SSSR count). The molecule has 0 spiro atoms. The molecule has 1 unspecified atom stereocenters. The molecule has 1 aliphatic heterocycles. The monoisotopic (exact) mass is 417 g/mol. The third-order valence-electron chi connectivity index (χ3n) is 4.54. The number of carbonyl (C=O) groups is 1. The molecule has 10 heteroatoms. The summed E-state index contributed by atoms with van der Waals surface area (Å²) in [7, 11) is -3.13. The number of sulfone groups is 1. The number of thioether (sulfide) groups is 1. The number of rotatable bonds is 7. The van der Waals surface area contributed by atoms with E-state index in [1.165, 1.54) is 4.57 Å². The molecule has 1 aromatic heterocycles. The van der Waals surface area contributed by atoms with E-state index in [0.29, 0.717) is 42.2 Å². The minimum Gasteiger partial charge on any atom is -0.337 e. The number of para-hydroxylation sites is 2. The highest BCUT2D eigenvalue weighted by Gasteiger charge is 2.34. The van der Waals surface area contributed by atoms with Gasteiger partial charge in [0.15, 0.2) is 15.0 Å². The van der Waals surface area contributed by atoms with Gasteiger partial charge in [-0.15, -0.1) is 0 Å². The molecule has 1 aliphatic rings. The molecule has 1 fully saturated rings. The summed E-state index contributed by atoms with van der Waals surface area (Å²) in [5.74, 6) is -2.89. The predicted octanol–water partition coefficient (Wildman–Crippen LogP) is 2.78. The number of imidazole rings is 1. The van der Waals surface area contributed by atoms with Crippen LogP contribution in [0, 0.1) is 0 Å². The van der Waals surface area contributed by atoms with Crippen LogP contribution < -0.4 is 0 Å². The molecule has 27 heavy (non-hydrogen) atoms. The second-order valence-corrected chi connectivity index (χ2v) is 9.68. The number of hydrogen-bond donors (Lipinski definition) is 0. The lowest BCUT2D eigenvalue weighted by molar-refractivity contribution is -0.133. The SMILES string of the molecule is CCCN(C(=O)Cn1c(SC(F)F)nc2ccccc21)C1CCS(=O)(=O)C1. The van der Waals surface area contributed by atoms with E-state index < -0.39 is 15.6 Å². The van der Waals surface area contributed by atoms with E-state index in [4.69, 9.17) is 0 Å². The van der Waals surface area contributed by atoms with Gasteiger partial charge in [-0.2, -0.15) is 8.78 Å². The predicted molar refractivity (Wildman–Crippen MR) is 101 cm³/mol. The minimum atomic E-state index is -3.13. The van der Waals surface area contributed by atoms with Crippen LogP contribution in [0.5, 0.6) is 0 Å². The fourth-order valence-electron chi connectivity index (χ4n) is 3.37. The van der Waals surface area contributed by atoms with Gasteiger partial charge in [-0.25, -0.2) is 13.4 Å². The van der Waals surface area contributed by atoms with E-state index in [-0.39, 0.29) is 35.2 Å². The second kappa shape index (κ2) is 8.14. The lowest BCUT2D eigenvalue weighted by atomic mass is 10.2. The molecular formula is C17H21F2N3O3S2. The first-order chi connectivity index (χ1) is 12.8. The standard InChI is InChI=1S/C17H21F2N3O3S2/c1-2-8-21(12-7-9-27(24,25)11-12)15(23)10-22-14-6-4-3-5-13(14)20-17(22)26-16(18)19/h3-6,12,16H,2,7-11H2,1H3. The highest BCUT2D eigenvalue weighted by Crippen LogP contribution is 2.29. The fourth-order valence-corrected chi connectivity index (χ4v) is 5.71. The van der Waals surface area contributed by atoms with E-state index in [1.807, 2.05) is 6.92 Å². The van der Waals surface area contributed by atoms with Crippen LogP contribution in [-0.2, 0) is 21.2 Å². The lowest BCUT2D eigenvalue weighted by Gasteiger charge is -2.28. The Balaban J connectivity index is 1.89. The van der Waals surface area contributed by atoms with Crippen molar-refractivity contribution in [3.63, 3.8) is 0 Å². The summed E-state index contributed by atoms with van der Waals surface area (Å²) < 4.78 is 50.9. The van der Waals surface area contributed by atoms with Gasteiger partial charge in [0.05, 0.1) is 22.5 Å². The molecule has 148 valence electrons. The topological polar surface area (TPSA) is 72.3 Å². The van der Waals surface area contributed by atoms with Crippen LogP contribution in [0.25, 0.3) is 11.0 Å². The number of alkyl halides is 2. The van der Waals surface area contributed by atoms with E-state index in [0.717, 1.165) is 0 Å². The highest BCUT2D eigenvalue weighted by atomic mass is 32.2. The van der Waals surface area contributed by atoms with Crippen LogP contribution in [-0.4, -0.2) is 58.6 Å². The molecule has 0 bridgehead atoms. The van der Waals surface area contributed by atoms with Gasteiger partial charge in [-0.05, 0) is 36.7 Å². The fraction of sp³-hybridized carbons (Fsp3) is 0.529. The van der Waals surface area contributed by atoms with E-state index in [1.54, 1.807) is 29.2 Å². The van der Waals surface area contributed by atoms with Crippen molar-refractivity contribution in [1.82, 2.24) is 14.5 Å². The Morgan fingerprint density at radius 2 is 2.15 bits per heavy atom. The molecule has 0 aliphatic carbocycles. The maximum absolute atomic E-state index is 13.0. The summed E-state index contributed by atoms with van der Waals surface area (Å²) in [6.07, 6.45) is 1.10. The number of fused-ring (bicyclic) bond motifs is 1. The molecule has 6 nitrogen and oxygen atoms in total. The van der Waals surface area contributed by atoms with Crippen molar-refractivity contribution in [2.45, 2.75) is 43.3 Å². The summed E-state index contributed by atoms with van der Waals surface area (Å²) in [5.41, 5.74) is 1.14. The maximum atomic E-state index is 13.0. The Hall–Kier alpha value is -1.68. The molecule has 2 heterocycles. The van der Waals surface area contributed by atoms with Crippen molar-refractivity contribution in [2.75, 3.05) is 18.1 Å². The summed E-state index contributed by atoms with van der Waals surface area (Å²) in [6, 6.07) is 6.60. The Bertz CT molecular complexity index is 931. The van der Waals surface area contributed by atoms with Crippen molar-refractivity contribution < 1.29 is 22.0 Å². The minimum absolute atomic E-state index is 0.0396. The van der Waals surface area contributed by atoms with Gasteiger partial charge in [0.25, 0.3) is 5.76 Å². The number of hydrogen-bond acceptors (Lipinski definition) is 5. The zero-order chi connectivity index (χ0) is 19.6. The van der Waals surface area contributed by atoms with E-state index >= 15 is 0 Å². The van der Waals surface area contributed by atoms with Gasteiger partial charge in [0, 0.05) is 12.6 Å². The summed E-state index contributed by atoms with van der Waals surface area (Å²) in [5, 5.41) is 0.0787. The first-order valence-electron chi connectivity index (χ1n) is 8.70. The molecule has 0 radical (unpaired) electrons. The van der Waals surface area contributed by atoms with Crippen LogP contribution in [0.15, 0.2) is 29.4 Å².